The first-order chi connectivity index (χ1) is 22.6. The third-order valence-corrected chi connectivity index (χ3v) is 7.29. The number of hydrogen-bond acceptors (Lipinski definition) is 4. The largest absolute Gasteiger partial charge is 0.486 e. The van der Waals surface area contributed by atoms with E-state index in [0.29, 0.717) is 17.2 Å². The summed E-state index contributed by atoms with van der Waals surface area (Å²) in [6.07, 6.45) is 3.67. The minimum atomic E-state index is -2.29. The molecule has 0 aliphatic heterocycles. The van der Waals surface area contributed by atoms with E-state index in [-0.39, 0.29) is 25.8 Å². The molecule has 4 heterocycles. The molecule has 4 nitrogen and oxygen atoms in total. The molecule has 0 N–H and O–H groups in total. The van der Waals surface area contributed by atoms with E-state index in [9.17, 15) is 0 Å². The van der Waals surface area contributed by atoms with Crippen LogP contribution in [0, 0.1) is 31.8 Å². The average Bonchev–Trinajstić information content (AvgIpc) is 3.44. The van der Waals surface area contributed by atoms with E-state index in [1.54, 1.807) is 12.3 Å². The van der Waals surface area contributed by atoms with Gasteiger partial charge in [0.25, 0.3) is 0 Å². The Kier molecular flexibility index (Phi) is 9.08. The van der Waals surface area contributed by atoms with Gasteiger partial charge in [-0.15, -0.1) is 54.1 Å². The zero-order valence-corrected chi connectivity index (χ0v) is 27.9. The van der Waals surface area contributed by atoms with Crippen molar-refractivity contribution in [3.8, 4) is 22.5 Å². The van der Waals surface area contributed by atoms with Gasteiger partial charge in [0.1, 0.15) is 0 Å². The number of pyridine rings is 3. The van der Waals surface area contributed by atoms with Crippen molar-refractivity contribution in [2.45, 2.75) is 40.5 Å². The Morgan fingerprint density at radius 1 is 0.756 bits per heavy atom. The molecular weight excluding hydrogens is 731 g/mol. The molecule has 0 atom stereocenters. The molecule has 1 radical (unpaired) electrons. The molecule has 0 aliphatic carbocycles. The second-order valence-electron chi connectivity index (χ2n) is 11.3. The van der Waals surface area contributed by atoms with E-state index in [4.69, 9.17) is 13.5 Å². The topological polar surface area (TPSA) is 51.8 Å². The van der Waals surface area contributed by atoms with Crippen LogP contribution in [0.25, 0.3) is 44.6 Å². The summed E-state index contributed by atoms with van der Waals surface area (Å²) in [5.41, 5.74) is 9.15. The Labute approximate surface area is 283 Å². The number of rotatable bonds is 6. The molecule has 0 bridgehead atoms. The SMILES string of the molecule is [2H]C([2H])([2H])c1ccc2c(n1)oc1c(-c3cc(Cc4ccc(CC(C)C)cc4)cc(C)n3)[c-]ccc12.[Ir].[c-]1ccccc1-c1ccccn1. The van der Waals surface area contributed by atoms with Crippen LogP contribution < -0.4 is 0 Å². The Balaban J connectivity index is 0.000000291. The van der Waals surface area contributed by atoms with Crippen molar-refractivity contribution in [2.75, 3.05) is 0 Å². The van der Waals surface area contributed by atoms with Crippen molar-refractivity contribution >= 4 is 22.1 Å². The number of nitrogens with zero attached hydrogens (tertiary/aromatic N) is 3. The quantitative estimate of drug-likeness (QED) is 0.158. The van der Waals surface area contributed by atoms with Gasteiger partial charge >= 0.3 is 0 Å². The molecule has 45 heavy (non-hydrogen) atoms. The summed E-state index contributed by atoms with van der Waals surface area (Å²) in [5, 5.41) is 1.64. The molecule has 227 valence electrons. The molecule has 0 amide bonds. The van der Waals surface area contributed by atoms with Crippen molar-refractivity contribution in [3.63, 3.8) is 0 Å². The summed E-state index contributed by atoms with van der Waals surface area (Å²) in [4.78, 5) is 13.3. The van der Waals surface area contributed by atoms with Gasteiger partial charge in [0.15, 0.2) is 0 Å². The van der Waals surface area contributed by atoms with E-state index >= 15 is 0 Å². The normalized spacial score (nSPS) is 12.1. The van der Waals surface area contributed by atoms with Gasteiger partial charge in [0.05, 0.1) is 5.58 Å². The first-order valence-corrected chi connectivity index (χ1v) is 14.8. The van der Waals surface area contributed by atoms with Gasteiger partial charge in [-0.25, -0.2) is 4.98 Å². The van der Waals surface area contributed by atoms with Crippen LogP contribution in [0.5, 0.6) is 0 Å². The predicted octanol–water partition coefficient (Wildman–Crippen LogP) is 9.80. The molecule has 7 rings (SSSR count). The Morgan fingerprint density at radius 2 is 1.58 bits per heavy atom. The first-order valence-electron chi connectivity index (χ1n) is 16.3. The Morgan fingerprint density at radius 3 is 2.31 bits per heavy atom. The maximum atomic E-state index is 7.65. The van der Waals surface area contributed by atoms with Gasteiger partial charge < -0.3 is 14.4 Å². The number of benzene rings is 3. The summed E-state index contributed by atoms with van der Waals surface area (Å²) in [7, 11) is 0. The second kappa shape index (κ2) is 14.6. The van der Waals surface area contributed by atoms with E-state index < -0.39 is 6.85 Å². The fraction of sp³-hybridized carbons (Fsp3) is 0.175. The number of hydrogen-bond donors (Lipinski definition) is 0. The molecule has 0 spiro atoms. The van der Waals surface area contributed by atoms with E-state index in [1.165, 1.54) is 17.2 Å². The molecule has 5 heteroatoms. The fourth-order valence-corrected chi connectivity index (χ4v) is 5.36. The summed E-state index contributed by atoms with van der Waals surface area (Å²) in [6.45, 7) is 4.16. The first kappa shape index (κ1) is 28.1. The van der Waals surface area contributed by atoms with Crippen LogP contribution in [0.4, 0.5) is 0 Å². The molecule has 0 unspecified atom stereocenters. The van der Waals surface area contributed by atoms with Gasteiger partial charge in [0, 0.05) is 47.2 Å². The molecule has 0 aliphatic rings. The Hall–Kier alpha value is -4.44. The van der Waals surface area contributed by atoms with Crippen molar-refractivity contribution in [2.24, 2.45) is 5.92 Å². The predicted molar refractivity (Wildman–Crippen MR) is 179 cm³/mol. The molecule has 4 aromatic heterocycles. The minimum absolute atomic E-state index is 0. The Bertz CT molecular complexity index is 2070. The van der Waals surface area contributed by atoms with Crippen molar-refractivity contribution < 1.29 is 28.6 Å². The number of aryl methyl sites for hydroxylation is 2. The smallest absolute Gasteiger partial charge is 0.216 e. The number of furan rings is 1. The fourth-order valence-electron chi connectivity index (χ4n) is 5.36. The maximum Gasteiger partial charge on any atom is 0.216 e. The van der Waals surface area contributed by atoms with Gasteiger partial charge in [0.2, 0.25) is 5.71 Å². The summed E-state index contributed by atoms with van der Waals surface area (Å²) >= 11 is 0. The zero-order valence-electron chi connectivity index (χ0n) is 28.5. The van der Waals surface area contributed by atoms with Gasteiger partial charge in [-0.05, 0) is 84.9 Å². The minimum Gasteiger partial charge on any atom is -0.486 e. The third-order valence-electron chi connectivity index (χ3n) is 7.29. The number of aromatic nitrogens is 3. The molecule has 0 fully saturated rings. The molecular formula is C40H35IrN3O-2. The van der Waals surface area contributed by atoms with Crippen LogP contribution in [-0.2, 0) is 32.9 Å². The average molecular weight is 769 g/mol. The maximum absolute atomic E-state index is 7.65. The van der Waals surface area contributed by atoms with Crippen LogP contribution in [0.1, 0.15) is 46.0 Å². The zero-order chi connectivity index (χ0) is 33.0. The monoisotopic (exact) mass is 769 g/mol. The van der Waals surface area contributed by atoms with Crippen molar-refractivity contribution in [1.29, 1.82) is 0 Å². The van der Waals surface area contributed by atoms with Gasteiger partial charge in [-0.1, -0.05) is 67.3 Å². The second-order valence-corrected chi connectivity index (χ2v) is 11.3. The van der Waals surface area contributed by atoms with Gasteiger partial charge in [-0.2, -0.15) is 0 Å². The van der Waals surface area contributed by atoms with Gasteiger partial charge in [-0.3, -0.25) is 0 Å². The van der Waals surface area contributed by atoms with Crippen molar-refractivity contribution in [1.82, 2.24) is 15.0 Å². The van der Waals surface area contributed by atoms with Crippen LogP contribution in [0.2, 0.25) is 0 Å². The molecule has 0 saturated heterocycles. The van der Waals surface area contributed by atoms with Crippen molar-refractivity contribution in [3.05, 3.63) is 150 Å². The summed E-state index contributed by atoms with van der Waals surface area (Å²) < 4.78 is 29.0. The summed E-state index contributed by atoms with van der Waals surface area (Å²) in [5.74, 6) is 0.638. The van der Waals surface area contributed by atoms with E-state index in [2.05, 4.69) is 72.3 Å². The van der Waals surface area contributed by atoms with E-state index in [0.717, 1.165) is 57.4 Å². The van der Waals surface area contributed by atoms with Crippen LogP contribution in [0.15, 0.2) is 114 Å². The van der Waals surface area contributed by atoms with Crippen LogP contribution in [0.3, 0.4) is 0 Å². The molecule has 7 aromatic rings. The van der Waals surface area contributed by atoms with Crippen LogP contribution >= 0.6 is 0 Å². The van der Waals surface area contributed by atoms with Crippen LogP contribution in [-0.4, -0.2) is 15.0 Å². The standard InChI is InChI=1S/C29H27N2O.C11H8N.Ir/c1-18(2)14-21-9-11-22(12-10-21)16-23-15-20(4)30-27(17-23)26-7-5-6-24-25-13-8-19(3)31-29(25)32-28(24)26;1-2-6-10(7-3-1)11-8-4-5-9-12-11;/h5-6,8-13,15,17-18H,14,16H2,1-4H3;1-6,8-9H;/q2*-1;/i3D3;;. The van der Waals surface area contributed by atoms with E-state index in [1.807, 2.05) is 61.5 Å². The third kappa shape index (κ3) is 7.80. The molecule has 3 aromatic carbocycles. The number of fused-ring (bicyclic) bond motifs is 3. The summed E-state index contributed by atoms with van der Waals surface area (Å²) in [6, 6.07) is 40.2. The molecule has 0 saturated carbocycles.